The van der Waals surface area contributed by atoms with Crippen molar-refractivity contribution in [1.82, 2.24) is 0 Å². The quantitative estimate of drug-likeness (QED) is 0.701. The van der Waals surface area contributed by atoms with Crippen molar-refractivity contribution in [3.63, 3.8) is 0 Å². The molecule has 18 heavy (non-hydrogen) atoms. The topological polar surface area (TPSA) is 0 Å². The number of hydrogen-bond donors (Lipinski definition) is 0. The van der Waals surface area contributed by atoms with Gasteiger partial charge in [-0.2, -0.15) is 0 Å². The molecule has 2 rings (SSSR count). The van der Waals surface area contributed by atoms with Gasteiger partial charge in [0.1, 0.15) is 11.6 Å². The Bertz CT molecular complexity index is 552. The molecule has 3 heteroatoms. The van der Waals surface area contributed by atoms with E-state index in [0.29, 0.717) is 17.5 Å². The predicted molar refractivity (Wildman–Crippen MR) is 69.8 cm³/mol. The van der Waals surface area contributed by atoms with Gasteiger partial charge < -0.3 is 0 Å². The second kappa shape index (κ2) is 5.49. The summed E-state index contributed by atoms with van der Waals surface area (Å²) in [6.45, 7) is 1.70. The molecule has 1 unspecified atom stereocenters. The first-order valence-electron chi connectivity index (χ1n) is 5.71. The van der Waals surface area contributed by atoms with Crippen LogP contribution in [0.2, 0.25) is 0 Å². The second-order valence-electron chi connectivity index (χ2n) is 4.31. The highest BCUT2D eigenvalue weighted by Gasteiger charge is 2.11. The molecule has 94 valence electrons. The van der Waals surface area contributed by atoms with Crippen molar-refractivity contribution in [2.75, 3.05) is 0 Å². The lowest BCUT2D eigenvalue weighted by Gasteiger charge is -2.11. The fourth-order valence-electron chi connectivity index (χ4n) is 1.79. The van der Waals surface area contributed by atoms with Crippen LogP contribution >= 0.6 is 11.6 Å². The number of alkyl halides is 1. The van der Waals surface area contributed by atoms with E-state index in [1.165, 1.54) is 18.2 Å². The van der Waals surface area contributed by atoms with E-state index in [1.807, 2.05) is 6.07 Å². The fourth-order valence-corrected chi connectivity index (χ4v) is 2.11. The lowest BCUT2D eigenvalue weighted by molar-refractivity contribution is 0.614. The number of rotatable bonds is 3. The molecule has 0 saturated heterocycles. The molecule has 0 radical (unpaired) electrons. The molecule has 0 fully saturated rings. The summed E-state index contributed by atoms with van der Waals surface area (Å²) in [4.78, 5) is 0. The highest BCUT2D eigenvalue weighted by atomic mass is 35.5. The third-order valence-corrected chi connectivity index (χ3v) is 3.27. The summed E-state index contributed by atoms with van der Waals surface area (Å²) in [5.74, 6) is -0.552. The summed E-state index contributed by atoms with van der Waals surface area (Å²) in [5.41, 5.74) is 2.10. The summed E-state index contributed by atoms with van der Waals surface area (Å²) in [7, 11) is 0. The molecule has 0 aliphatic heterocycles. The van der Waals surface area contributed by atoms with Gasteiger partial charge in [0.15, 0.2) is 0 Å². The molecule has 0 nitrogen and oxygen atoms in total. The number of benzene rings is 2. The van der Waals surface area contributed by atoms with Crippen molar-refractivity contribution in [3.05, 3.63) is 70.8 Å². The maximum Gasteiger partial charge on any atom is 0.126 e. The molecule has 0 N–H and O–H groups in total. The predicted octanol–water partition coefficient (Wildman–Crippen LogP) is 4.80. The van der Waals surface area contributed by atoms with E-state index in [-0.39, 0.29) is 17.0 Å². The Morgan fingerprint density at radius 3 is 2.56 bits per heavy atom. The molecule has 0 saturated carbocycles. The SMILES string of the molecule is Cc1ccc(C(Cl)Cc2cccc(F)c2)cc1F. The first-order valence-corrected chi connectivity index (χ1v) is 6.14. The summed E-state index contributed by atoms with van der Waals surface area (Å²) in [6.07, 6.45) is 0.474. The van der Waals surface area contributed by atoms with Gasteiger partial charge in [-0.05, 0) is 48.2 Å². The Labute approximate surface area is 110 Å². The van der Waals surface area contributed by atoms with Crippen LogP contribution in [0.1, 0.15) is 22.1 Å². The first kappa shape index (κ1) is 13.0. The van der Waals surface area contributed by atoms with E-state index >= 15 is 0 Å². The van der Waals surface area contributed by atoms with Crippen molar-refractivity contribution < 1.29 is 8.78 Å². The molecule has 0 aliphatic rings. The minimum atomic E-state index is -0.359. The molecular weight excluding hydrogens is 254 g/mol. The zero-order valence-corrected chi connectivity index (χ0v) is 10.7. The molecule has 0 spiro atoms. The number of aryl methyl sites for hydroxylation is 1. The zero-order chi connectivity index (χ0) is 13.1. The van der Waals surface area contributed by atoms with Gasteiger partial charge in [-0.25, -0.2) is 8.78 Å². The van der Waals surface area contributed by atoms with Crippen LogP contribution in [0.4, 0.5) is 8.78 Å². The first-order chi connectivity index (χ1) is 8.56. The van der Waals surface area contributed by atoms with E-state index in [9.17, 15) is 8.78 Å². The number of halogens is 3. The van der Waals surface area contributed by atoms with Crippen molar-refractivity contribution >= 4 is 11.6 Å². The van der Waals surface area contributed by atoms with Crippen molar-refractivity contribution in [3.8, 4) is 0 Å². The van der Waals surface area contributed by atoms with Gasteiger partial charge in [0.25, 0.3) is 0 Å². The van der Waals surface area contributed by atoms with Crippen LogP contribution in [0.5, 0.6) is 0 Å². The molecule has 1 atom stereocenters. The van der Waals surface area contributed by atoms with Gasteiger partial charge in [-0.3, -0.25) is 0 Å². The minimum Gasteiger partial charge on any atom is -0.207 e. The molecule has 0 heterocycles. The monoisotopic (exact) mass is 266 g/mol. The van der Waals surface area contributed by atoms with Crippen molar-refractivity contribution in [2.24, 2.45) is 0 Å². The standard InChI is InChI=1S/C15H13ClF2/c1-10-5-6-12(9-15(10)18)14(16)8-11-3-2-4-13(17)7-11/h2-7,9,14H,8H2,1H3. The third kappa shape index (κ3) is 3.08. The Kier molecular flexibility index (Phi) is 3.97. The fraction of sp³-hybridized carbons (Fsp3) is 0.200. The summed E-state index contributed by atoms with van der Waals surface area (Å²) in [6, 6.07) is 11.2. The average molecular weight is 267 g/mol. The molecule has 2 aromatic rings. The van der Waals surface area contributed by atoms with Crippen LogP contribution in [0.15, 0.2) is 42.5 Å². The summed E-state index contributed by atoms with van der Waals surface area (Å²) >= 11 is 6.23. The van der Waals surface area contributed by atoms with Gasteiger partial charge in [0.2, 0.25) is 0 Å². The van der Waals surface area contributed by atoms with Crippen LogP contribution < -0.4 is 0 Å². The van der Waals surface area contributed by atoms with Crippen LogP contribution in [-0.4, -0.2) is 0 Å². The van der Waals surface area contributed by atoms with E-state index < -0.39 is 0 Å². The van der Waals surface area contributed by atoms with Crippen LogP contribution in [0.3, 0.4) is 0 Å². The Balaban J connectivity index is 2.16. The lowest BCUT2D eigenvalue weighted by Crippen LogP contribution is -1.98. The van der Waals surface area contributed by atoms with Crippen LogP contribution in [0.25, 0.3) is 0 Å². The van der Waals surface area contributed by atoms with Gasteiger partial charge in [0.05, 0.1) is 5.38 Å². The summed E-state index contributed by atoms with van der Waals surface area (Å²) < 4.78 is 26.5. The highest BCUT2D eigenvalue weighted by molar-refractivity contribution is 6.20. The zero-order valence-electron chi connectivity index (χ0n) is 9.96. The molecule has 2 aromatic carbocycles. The molecule has 0 bridgehead atoms. The number of hydrogen-bond acceptors (Lipinski definition) is 0. The third-order valence-electron chi connectivity index (χ3n) is 2.86. The Morgan fingerprint density at radius 2 is 1.89 bits per heavy atom. The molecule has 0 aliphatic carbocycles. The maximum atomic E-state index is 13.4. The Hall–Kier alpha value is -1.41. The lowest BCUT2D eigenvalue weighted by atomic mass is 10.0. The molecular formula is C15H13ClF2. The second-order valence-corrected chi connectivity index (χ2v) is 4.84. The smallest absolute Gasteiger partial charge is 0.126 e. The minimum absolute atomic E-state index is 0.266. The normalized spacial score (nSPS) is 12.4. The van der Waals surface area contributed by atoms with Gasteiger partial charge in [0, 0.05) is 0 Å². The van der Waals surface area contributed by atoms with Crippen LogP contribution in [0, 0.1) is 18.6 Å². The van der Waals surface area contributed by atoms with Gasteiger partial charge in [-0.15, -0.1) is 11.6 Å². The van der Waals surface area contributed by atoms with Gasteiger partial charge >= 0.3 is 0 Å². The largest absolute Gasteiger partial charge is 0.207 e. The van der Waals surface area contributed by atoms with Crippen molar-refractivity contribution in [1.29, 1.82) is 0 Å². The molecule has 0 amide bonds. The maximum absolute atomic E-state index is 13.4. The Morgan fingerprint density at radius 1 is 1.11 bits per heavy atom. The van der Waals surface area contributed by atoms with Gasteiger partial charge in [-0.1, -0.05) is 24.3 Å². The average Bonchev–Trinajstić information content (AvgIpc) is 2.32. The van der Waals surface area contributed by atoms with E-state index in [0.717, 1.165) is 5.56 Å². The van der Waals surface area contributed by atoms with Crippen LogP contribution in [-0.2, 0) is 6.42 Å². The summed E-state index contributed by atoms with van der Waals surface area (Å²) in [5, 5.41) is -0.359. The van der Waals surface area contributed by atoms with Crippen molar-refractivity contribution in [2.45, 2.75) is 18.7 Å². The highest BCUT2D eigenvalue weighted by Crippen LogP contribution is 2.26. The van der Waals surface area contributed by atoms with E-state index in [1.54, 1.807) is 25.1 Å². The molecule has 0 aromatic heterocycles. The van der Waals surface area contributed by atoms with E-state index in [4.69, 9.17) is 11.6 Å². The van der Waals surface area contributed by atoms with E-state index in [2.05, 4.69) is 0 Å².